The summed E-state index contributed by atoms with van der Waals surface area (Å²) in [5, 5.41) is 0. The maximum Gasteiger partial charge on any atom is 0.181 e. The number of ether oxygens (including phenoxy) is 3. The molecule has 0 aromatic carbocycles. The first-order valence-corrected chi connectivity index (χ1v) is 3.42. The van der Waals surface area contributed by atoms with Gasteiger partial charge in [-0.25, -0.2) is 0 Å². The smallest absolute Gasteiger partial charge is 0.181 e. The van der Waals surface area contributed by atoms with Gasteiger partial charge >= 0.3 is 0 Å². The Morgan fingerprint density at radius 1 is 1.50 bits per heavy atom. The van der Waals surface area contributed by atoms with Crippen LogP contribution in [0.1, 0.15) is 13.8 Å². The van der Waals surface area contributed by atoms with E-state index in [4.69, 9.17) is 14.2 Å². The predicted molar refractivity (Wildman–Crippen MR) is 36.8 cm³/mol. The fourth-order valence-corrected chi connectivity index (χ4v) is 0.941. The molecule has 0 saturated carbocycles. The SMILES string of the molecule is COC1COCC(C)(C)O1. The summed E-state index contributed by atoms with van der Waals surface area (Å²) in [6, 6.07) is 0. The van der Waals surface area contributed by atoms with Crippen LogP contribution in [0.3, 0.4) is 0 Å². The van der Waals surface area contributed by atoms with Crippen molar-refractivity contribution >= 4 is 0 Å². The average Bonchev–Trinajstić information content (AvgIpc) is 1.86. The van der Waals surface area contributed by atoms with Gasteiger partial charge in [0.25, 0.3) is 0 Å². The second-order valence-corrected chi connectivity index (χ2v) is 3.06. The van der Waals surface area contributed by atoms with Crippen LogP contribution in [0.25, 0.3) is 0 Å². The molecule has 0 aromatic heterocycles. The van der Waals surface area contributed by atoms with Crippen molar-refractivity contribution in [2.45, 2.75) is 25.7 Å². The van der Waals surface area contributed by atoms with E-state index in [1.54, 1.807) is 7.11 Å². The van der Waals surface area contributed by atoms with E-state index in [0.29, 0.717) is 13.2 Å². The molecule has 0 bridgehead atoms. The van der Waals surface area contributed by atoms with Gasteiger partial charge in [0.15, 0.2) is 6.29 Å². The van der Waals surface area contributed by atoms with E-state index in [-0.39, 0.29) is 11.9 Å². The van der Waals surface area contributed by atoms with Gasteiger partial charge in [-0.3, -0.25) is 0 Å². The largest absolute Gasteiger partial charge is 0.373 e. The molecule has 0 spiro atoms. The summed E-state index contributed by atoms with van der Waals surface area (Å²) in [7, 11) is 1.62. The molecule has 1 rings (SSSR count). The molecule has 60 valence electrons. The maximum absolute atomic E-state index is 5.48. The summed E-state index contributed by atoms with van der Waals surface area (Å²) in [4.78, 5) is 0. The second-order valence-electron chi connectivity index (χ2n) is 3.06. The van der Waals surface area contributed by atoms with Gasteiger partial charge in [-0.2, -0.15) is 0 Å². The molecule has 1 fully saturated rings. The number of methoxy groups -OCH3 is 1. The molecule has 0 amide bonds. The summed E-state index contributed by atoms with van der Waals surface area (Å²) >= 11 is 0. The van der Waals surface area contributed by atoms with Crippen LogP contribution in [0.5, 0.6) is 0 Å². The Morgan fingerprint density at radius 2 is 2.20 bits per heavy atom. The zero-order valence-electron chi connectivity index (χ0n) is 6.72. The highest BCUT2D eigenvalue weighted by Crippen LogP contribution is 2.18. The minimum atomic E-state index is -0.196. The van der Waals surface area contributed by atoms with E-state index >= 15 is 0 Å². The molecule has 0 radical (unpaired) electrons. The highest BCUT2D eigenvalue weighted by molar-refractivity contribution is 4.71. The van der Waals surface area contributed by atoms with Crippen LogP contribution in [-0.4, -0.2) is 32.2 Å². The fraction of sp³-hybridized carbons (Fsp3) is 1.00. The molecule has 1 aliphatic rings. The second kappa shape index (κ2) is 2.86. The minimum Gasteiger partial charge on any atom is -0.373 e. The maximum atomic E-state index is 5.48. The molecule has 1 unspecified atom stereocenters. The van der Waals surface area contributed by atoms with Crippen LogP contribution < -0.4 is 0 Å². The fourth-order valence-electron chi connectivity index (χ4n) is 0.941. The first kappa shape index (κ1) is 7.98. The predicted octanol–water partition coefficient (Wildman–Crippen LogP) is 0.784. The quantitative estimate of drug-likeness (QED) is 0.547. The van der Waals surface area contributed by atoms with E-state index in [1.165, 1.54) is 0 Å². The Hall–Kier alpha value is -0.120. The Bertz CT molecular complexity index is 111. The van der Waals surface area contributed by atoms with Gasteiger partial charge in [0.05, 0.1) is 18.8 Å². The zero-order valence-corrected chi connectivity index (χ0v) is 6.72. The van der Waals surface area contributed by atoms with Gasteiger partial charge in [0.1, 0.15) is 0 Å². The summed E-state index contributed by atoms with van der Waals surface area (Å²) < 4.78 is 15.7. The molecule has 0 aromatic rings. The lowest BCUT2D eigenvalue weighted by molar-refractivity contribution is -0.263. The van der Waals surface area contributed by atoms with Crippen LogP contribution in [0.2, 0.25) is 0 Å². The standard InChI is InChI=1S/C7H14O3/c1-7(2)5-9-4-6(8-3)10-7/h6H,4-5H2,1-3H3. The minimum absolute atomic E-state index is 0.191. The Morgan fingerprint density at radius 3 is 2.60 bits per heavy atom. The summed E-state index contributed by atoms with van der Waals surface area (Å²) in [6.07, 6.45) is -0.191. The van der Waals surface area contributed by atoms with Crippen molar-refractivity contribution in [1.82, 2.24) is 0 Å². The first-order valence-electron chi connectivity index (χ1n) is 3.42. The highest BCUT2D eigenvalue weighted by atomic mass is 16.7. The Kier molecular flexibility index (Phi) is 2.28. The van der Waals surface area contributed by atoms with Gasteiger partial charge in [-0.1, -0.05) is 0 Å². The first-order chi connectivity index (χ1) is 4.64. The molecule has 1 saturated heterocycles. The molecule has 3 heteroatoms. The molecule has 1 atom stereocenters. The van der Waals surface area contributed by atoms with Crippen molar-refractivity contribution in [3.8, 4) is 0 Å². The van der Waals surface area contributed by atoms with Crippen molar-refractivity contribution < 1.29 is 14.2 Å². The summed E-state index contributed by atoms with van der Waals surface area (Å²) in [5.74, 6) is 0. The van der Waals surface area contributed by atoms with Gasteiger partial charge in [-0.05, 0) is 13.8 Å². The Labute approximate surface area is 61.3 Å². The lowest BCUT2D eigenvalue weighted by Gasteiger charge is -2.34. The van der Waals surface area contributed by atoms with Crippen molar-refractivity contribution in [3.63, 3.8) is 0 Å². The number of rotatable bonds is 1. The normalized spacial score (nSPS) is 32.1. The molecule has 1 heterocycles. The summed E-state index contributed by atoms with van der Waals surface area (Å²) in [6.45, 7) is 5.16. The number of hydrogen-bond donors (Lipinski definition) is 0. The van der Waals surface area contributed by atoms with Crippen LogP contribution >= 0.6 is 0 Å². The number of hydrogen-bond acceptors (Lipinski definition) is 3. The van der Waals surface area contributed by atoms with Gasteiger partial charge in [0.2, 0.25) is 0 Å². The summed E-state index contributed by atoms with van der Waals surface area (Å²) in [5.41, 5.74) is -0.196. The zero-order chi connectivity index (χ0) is 7.61. The third kappa shape index (κ3) is 1.94. The third-order valence-electron chi connectivity index (χ3n) is 1.42. The van der Waals surface area contributed by atoms with Gasteiger partial charge in [0, 0.05) is 7.11 Å². The van der Waals surface area contributed by atoms with Crippen LogP contribution in [-0.2, 0) is 14.2 Å². The molecule has 10 heavy (non-hydrogen) atoms. The highest BCUT2D eigenvalue weighted by Gasteiger charge is 2.28. The van der Waals surface area contributed by atoms with E-state index in [0.717, 1.165) is 0 Å². The van der Waals surface area contributed by atoms with E-state index < -0.39 is 0 Å². The monoisotopic (exact) mass is 146 g/mol. The molecular formula is C7H14O3. The molecule has 0 aliphatic carbocycles. The van der Waals surface area contributed by atoms with Crippen LogP contribution in [0.4, 0.5) is 0 Å². The average molecular weight is 146 g/mol. The molecular weight excluding hydrogens is 132 g/mol. The topological polar surface area (TPSA) is 27.7 Å². The van der Waals surface area contributed by atoms with E-state index in [2.05, 4.69) is 0 Å². The molecule has 0 N–H and O–H groups in total. The lowest BCUT2D eigenvalue weighted by atomic mass is 10.1. The van der Waals surface area contributed by atoms with Crippen molar-refractivity contribution in [1.29, 1.82) is 0 Å². The van der Waals surface area contributed by atoms with Crippen molar-refractivity contribution in [2.75, 3.05) is 20.3 Å². The Balaban J connectivity index is 2.40. The lowest BCUT2D eigenvalue weighted by Crippen LogP contribution is -2.43. The van der Waals surface area contributed by atoms with Crippen LogP contribution in [0, 0.1) is 0 Å². The molecule has 1 aliphatic heterocycles. The van der Waals surface area contributed by atoms with Gasteiger partial charge < -0.3 is 14.2 Å². The van der Waals surface area contributed by atoms with Gasteiger partial charge in [-0.15, -0.1) is 0 Å². The van der Waals surface area contributed by atoms with E-state index in [9.17, 15) is 0 Å². The van der Waals surface area contributed by atoms with Crippen molar-refractivity contribution in [3.05, 3.63) is 0 Å². The third-order valence-corrected chi connectivity index (χ3v) is 1.42. The van der Waals surface area contributed by atoms with Crippen LogP contribution in [0.15, 0.2) is 0 Å². The van der Waals surface area contributed by atoms with E-state index in [1.807, 2.05) is 13.8 Å². The van der Waals surface area contributed by atoms with Crippen molar-refractivity contribution in [2.24, 2.45) is 0 Å². The molecule has 3 nitrogen and oxygen atoms in total.